The monoisotopic (exact) mass is 219 g/mol. The van der Waals surface area contributed by atoms with Crippen LogP contribution in [0.15, 0.2) is 6.20 Å². The van der Waals surface area contributed by atoms with E-state index in [1.807, 2.05) is 13.8 Å². The van der Waals surface area contributed by atoms with Gasteiger partial charge in [0.05, 0.1) is 11.4 Å². The van der Waals surface area contributed by atoms with Crippen LogP contribution in [-0.2, 0) is 4.79 Å². The smallest absolute Gasteiger partial charge is 0.150 e. The van der Waals surface area contributed by atoms with E-state index in [0.29, 0.717) is 0 Å². The molecule has 1 fully saturated rings. The van der Waals surface area contributed by atoms with Crippen molar-refractivity contribution in [2.45, 2.75) is 26.7 Å². The number of carbonyl (C=O) groups is 1. The highest BCUT2D eigenvalue weighted by molar-refractivity contribution is 5.55. The number of hydrogen-bond acceptors (Lipinski definition) is 4. The first kappa shape index (κ1) is 11.0. The van der Waals surface area contributed by atoms with E-state index in [4.69, 9.17) is 0 Å². The van der Waals surface area contributed by atoms with Gasteiger partial charge < -0.3 is 9.69 Å². The van der Waals surface area contributed by atoms with Crippen molar-refractivity contribution in [1.82, 2.24) is 9.97 Å². The minimum atomic E-state index is 0.231. The first-order valence-corrected chi connectivity index (χ1v) is 5.71. The average Bonchev–Trinajstić information content (AvgIpc) is 2.32. The zero-order chi connectivity index (χ0) is 11.5. The molecule has 1 aromatic heterocycles. The number of hydrogen-bond donors (Lipinski definition) is 0. The fourth-order valence-corrected chi connectivity index (χ4v) is 2.07. The molecule has 0 spiro atoms. The standard InChI is InChI=1S/C12H17N3O/c1-9-7-13-10(2)12(14-9)15-5-3-11(8-16)4-6-15/h7-8,11H,3-6H2,1-2H3. The van der Waals surface area contributed by atoms with E-state index in [-0.39, 0.29) is 5.92 Å². The largest absolute Gasteiger partial charge is 0.355 e. The Kier molecular flexibility index (Phi) is 3.17. The summed E-state index contributed by atoms with van der Waals surface area (Å²) in [5.41, 5.74) is 1.91. The Morgan fingerprint density at radius 1 is 1.38 bits per heavy atom. The van der Waals surface area contributed by atoms with E-state index < -0.39 is 0 Å². The van der Waals surface area contributed by atoms with Gasteiger partial charge in [0.1, 0.15) is 12.1 Å². The van der Waals surface area contributed by atoms with Crippen molar-refractivity contribution >= 4 is 12.1 Å². The molecule has 16 heavy (non-hydrogen) atoms. The van der Waals surface area contributed by atoms with Crippen LogP contribution in [0.1, 0.15) is 24.2 Å². The third kappa shape index (κ3) is 2.21. The summed E-state index contributed by atoms with van der Waals surface area (Å²) in [6.07, 6.45) is 4.72. The van der Waals surface area contributed by atoms with Crippen molar-refractivity contribution < 1.29 is 4.79 Å². The molecule has 0 aliphatic carbocycles. The Balaban J connectivity index is 2.13. The number of piperidine rings is 1. The lowest BCUT2D eigenvalue weighted by Gasteiger charge is -2.31. The van der Waals surface area contributed by atoms with E-state index in [1.165, 1.54) is 0 Å². The molecule has 2 rings (SSSR count). The summed E-state index contributed by atoms with van der Waals surface area (Å²) in [6, 6.07) is 0. The molecule has 86 valence electrons. The quantitative estimate of drug-likeness (QED) is 0.707. The molecule has 0 amide bonds. The van der Waals surface area contributed by atoms with Crippen molar-refractivity contribution in [2.75, 3.05) is 18.0 Å². The number of anilines is 1. The number of aryl methyl sites for hydroxylation is 2. The molecule has 0 radical (unpaired) electrons. The predicted molar refractivity (Wildman–Crippen MR) is 62.5 cm³/mol. The van der Waals surface area contributed by atoms with Gasteiger partial charge in [-0.3, -0.25) is 4.98 Å². The molecular formula is C12H17N3O. The molecule has 2 heterocycles. The summed E-state index contributed by atoms with van der Waals surface area (Å²) < 4.78 is 0. The lowest BCUT2D eigenvalue weighted by atomic mass is 9.98. The fourth-order valence-electron chi connectivity index (χ4n) is 2.07. The van der Waals surface area contributed by atoms with Crippen LogP contribution in [-0.4, -0.2) is 29.3 Å². The van der Waals surface area contributed by atoms with Crippen molar-refractivity contribution in [3.8, 4) is 0 Å². The highest BCUT2D eigenvalue weighted by Gasteiger charge is 2.20. The van der Waals surface area contributed by atoms with E-state index in [2.05, 4.69) is 14.9 Å². The summed E-state index contributed by atoms with van der Waals surface area (Å²) in [4.78, 5) is 21.8. The normalized spacial score (nSPS) is 17.5. The molecular weight excluding hydrogens is 202 g/mol. The lowest BCUT2D eigenvalue weighted by molar-refractivity contribution is -0.111. The van der Waals surface area contributed by atoms with E-state index in [0.717, 1.165) is 49.4 Å². The minimum absolute atomic E-state index is 0.231. The van der Waals surface area contributed by atoms with Crippen molar-refractivity contribution in [1.29, 1.82) is 0 Å². The van der Waals surface area contributed by atoms with Crippen LogP contribution in [0, 0.1) is 19.8 Å². The van der Waals surface area contributed by atoms with Crippen molar-refractivity contribution in [3.63, 3.8) is 0 Å². The van der Waals surface area contributed by atoms with Crippen LogP contribution in [0.3, 0.4) is 0 Å². The van der Waals surface area contributed by atoms with Gasteiger partial charge in [-0.25, -0.2) is 4.98 Å². The Labute approximate surface area is 95.7 Å². The molecule has 0 atom stereocenters. The Bertz CT molecular complexity index is 384. The number of nitrogens with zero attached hydrogens (tertiary/aromatic N) is 3. The maximum absolute atomic E-state index is 10.7. The van der Waals surface area contributed by atoms with Gasteiger partial charge in [0, 0.05) is 25.2 Å². The van der Waals surface area contributed by atoms with Crippen LogP contribution in [0.5, 0.6) is 0 Å². The van der Waals surface area contributed by atoms with Crippen LogP contribution in [0.25, 0.3) is 0 Å². The predicted octanol–water partition coefficient (Wildman–Crippen LogP) is 1.51. The average molecular weight is 219 g/mol. The summed E-state index contributed by atoms with van der Waals surface area (Å²) in [6.45, 7) is 5.74. The molecule has 0 unspecified atom stereocenters. The highest BCUT2D eigenvalue weighted by atomic mass is 16.1. The van der Waals surface area contributed by atoms with Crippen LogP contribution in [0.2, 0.25) is 0 Å². The fraction of sp³-hybridized carbons (Fsp3) is 0.583. The molecule has 1 aliphatic heterocycles. The number of rotatable bonds is 2. The topological polar surface area (TPSA) is 46.1 Å². The Morgan fingerprint density at radius 2 is 2.06 bits per heavy atom. The van der Waals surface area contributed by atoms with E-state index in [1.54, 1.807) is 6.20 Å². The summed E-state index contributed by atoms with van der Waals surface area (Å²) in [7, 11) is 0. The molecule has 0 saturated carbocycles. The van der Waals surface area contributed by atoms with Gasteiger partial charge in [-0.2, -0.15) is 0 Å². The molecule has 0 N–H and O–H groups in total. The third-order valence-corrected chi connectivity index (χ3v) is 3.08. The van der Waals surface area contributed by atoms with Gasteiger partial charge in [0.2, 0.25) is 0 Å². The Hall–Kier alpha value is -1.45. The highest BCUT2D eigenvalue weighted by Crippen LogP contribution is 2.22. The summed E-state index contributed by atoms with van der Waals surface area (Å²) in [5, 5.41) is 0. The zero-order valence-corrected chi connectivity index (χ0v) is 9.81. The lowest BCUT2D eigenvalue weighted by Crippen LogP contribution is -2.35. The molecule has 0 aromatic carbocycles. The van der Waals surface area contributed by atoms with Crippen LogP contribution < -0.4 is 4.90 Å². The molecule has 1 saturated heterocycles. The van der Waals surface area contributed by atoms with Crippen LogP contribution >= 0.6 is 0 Å². The molecule has 4 nitrogen and oxygen atoms in total. The first-order chi connectivity index (χ1) is 7.70. The SMILES string of the molecule is Cc1cnc(C)c(N2CCC(C=O)CC2)n1. The second-order valence-corrected chi connectivity index (χ2v) is 4.38. The molecule has 1 aliphatic rings. The van der Waals surface area contributed by atoms with Crippen LogP contribution in [0.4, 0.5) is 5.82 Å². The van der Waals surface area contributed by atoms with Gasteiger partial charge in [-0.15, -0.1) is 0 Å². The first-order valence-electron chi connectivity index (χ1n) is 5.71. The molecule has 4 heteroatoms. The van der Waals surface area contributed by atoms with Gasteiger partial charge in [0.25, 0.3) is 0 Å². The maximum Gasteiger partial charge on any atom is 0.150 e. The Morgan fingerprint density at radius 3 is 2.69 bits per heavy atom. The number of aromatic nitrogens is 2. The van der Waals surface area contributed by atoms with Crippen molar-refractivity contribution in [2.24, 2.45) is 5.92 Å². The second-order valence-electron chi connectivity index (χ2n) is 4.38. The summed E-state index contributed by atoms with van der Waals surface area (Å²) >= 11 is 0. The molecule has 1 aromatic rings. The second kappa shape index (κ2) is 4.60. The number of aldehydes is 1. The van der Waals surface area contributed by atoms with E-state index >= 15 is 0 Å². The maximum atomic E-state index is 10.7. The van der Waals surface area contributed by atoms with E-state index in [9.17, 15) is 4.79 Å². The minimum Gasteiger partial charge on any atom is -0.355 e. The zero-order valence-electron chi connectivity index (χ0n) is 9.81. The third-order valence-electron chi connectivity index (χ3n) is 3.08. The number of carbonyl (C=O) groups excluding carboxylic acids is 1. The van der Waals surface area contributed by atoms with Gasteiger partial charge in [0.15, 0.2) is 0 Å². The van der Waals surface area contributed by atoms with Crippen molar-refractivity contribution in [3.05, 3.63) is 17.6 Å². The molecule has 0 bridgehead atoms. The van der Waals surface area contributed by atoms with Gasteiger partial charge in [-0.05, 0) is 26.7 Å². The van der Waals surface area contributed by atoms with Gasteiger partial charge >= 0.3 is 0 Å². The van der Waals surface area contributed by atoms with Gasteiger partial charge in [-0.1, -0.05) is 0 Å². The summed E-state index contributed by atoms with van der Waals surface area (Å²) in [5.74, 6) is 1.21.